The van der Waals surface area contributed by atoms with Gasteiger partial charge in [0.05, 0.1) is 12.1 Å². The number of alkyl halides is 3. The monoisotopic (exact) mass is 534 g/mol. The van der Waals surface area contributed by atoms with Crippen molar-refractivity contribution in [1.29, 1.82) is 0 Å². The highest BCUT2D eigenvalue weighted by atomic mass is 19.4. The first kappa shape index (κ1) is 26.4. The lowest BCUT2D eigenvalue weighted by molar-refractivity contribution is -0.202. The Bertz CT molecular complexity index is 1160. The number of nitrogens with zero attached hydrogens (tertiary/aromatic N) is 4. The lowest BCUT2D eigenvalue weighted by atomic mass is 9.73. The fraction of sp³-hybridized carbons (Fsp3) is 0.654. The van der Waals surface area contributed by atoms with Gasteiger partial charge in [0.15, 0.2) is 0 Å². The Morgan fingerprint density at radius 3 is 2.55 bits per heavy atom. The van der Waals surface area contributed by atoms with E-state index in [1.165, 1.54) is 6.42 Å². The quantitative estimate of drug-likeness (QED) is 0.369. The molecule has 0 amide bonds. The van der Waals surface area contributed by atoms with Crippen LogP contribution in [0.2, 0.25) is 0 Å². The van der Waals surface area contributed by atoms with Gasteiger partial charge in [-0.3, -0.25) is 9.89 Å². The molecule has 1 saturated heterocycles. The minimum Gasteiger partial charge on any atom is -0.386 e. The van der Waals surface area contributed by atoms with E-state index in [1.54, 1.807) is 0 Å². The standard InChI is InChI=1S/C26H33F3N6O3/c1-15-9-21(31-22-12-20(33-34-22)18-7-8-18)32-25(30-15)35-13-16(11-23(36)38-24(37)26(27,28)29)10-19(14-35)17-5-3-2-4-6-17/h9,12,16-19H,2-8,10-11,13-14H2,1H3,(H2,30,31,32,33,34). The highest BCUT2D eigenvalue weighted by Gasteiger charge is 2.43. The van der Waals surface area contributed by atoms with Gasteiger partial charge in [0, 0.05) is 36.8 Å². The molecule has 206 valence electrons. The van der Waals surface area contributed by atoms with Crippen molar-refractivity contribution in [2.45, 2.75) is 76.8 Å². The molecule has 3 fully saturated rings. The second-order valence-electron chi connectivity index (χ2n) is 10.9. The Hall–Kier alpha value is -3.18. The van der Waals surface area contributed by atoms with Crippen LogP contribution in [0.3, 0.4) is 0 Å². The van der Waals surface area contributed by atoms with Crippen molar-refractivity contribution in [2.24, 2.45) is 17.8 Å². The Morgan fingerprint density at radius 1 is 1.08 bits per heavy atom. The van der Waals surface area contributed by atoms with Gasteiger partial charge in [0.25, 0.3) is 0 Å². The maximum Gasteiger partial charge on any atom is 0.491 e. The summed E-state index contributed by atoms with van der Waals surface area (Å²) in [6.45, 7) is 2.97. The summed E-state index contributed by atoms with van der Waals surface area (Å²) in [5.74, 6) is -0.831. The van der Waals surface area contributed by atoms with Crippen molar-refractivity contribution in [3.05, 3.63) is 23.5 Å². The van der Waals surface area contributed by atoms with Gasteiger partial charge in [0.1, 0.15) is 11.6 Å². The zero-order valence-electron chi connectivity index (χ0n) is 21.4. The van der Waals surface area contributed by atoms with Crippen LogP contribution in [-0.2, 0) is 14.3 Å². The van der Waals surface area contributed by atoms with Crippen LogP contribution in [0.4, 0.5) is 30.8 Å². The first-order valence-electron chi connectivity index (χ1n) is 13.4. The summed E-state index contributed by atoms with van der Waals surface area (Å²) in [6.07, 6.45) is 3.20. The number of carbonyl (C=O) groups is 2. The topological polar surface area (TPSA) is 113 Å². The molecule has 2 aromatic rings. The van der Waals surface area contributed by atoms with E-state index in [1.807, 2.05) is 24.0 Å². The maximum atomic E-state index is 12.6. The van der Waals surface area contributed by atoms with Crippen LogP contribution in [0, 0.1) is 24.7 Å². The molecule has 1 aliphatic heterocycles. The summed E-state index contributed by atoms with van der Waals surface area (Å²) in [6, 6.07) is 3.82. The van der Waals surface area contributed by atoms with E-state index < -0.39 is 18.1 Å². The predicted octanol–water partition coefficient (Wildman–Crippen LogP) is 5.17. The summed E-state index contributed by atoms with van der Waals surface area (Å²) >= 11 is 0. The minimum atomic E-state index is -5.20. The molecule has 0 radical (unpaired) electrons. The summed E-state index contributed by atoms with van der Waals surface area (Å²) in [4.78, 5) is 34.8. The number of hydrogen-bond donors (Lipinski definition) is 2. The molecule has 2 aliphatic carbocycles. The molecule has 38 heavy (non-hydrogen) atoms. The van der Waals surface area contributed by atoms with Gasteiger partial charge in [-0.05, 0) is 43.9 Å². The SMILES string of the molecule is Cc1cc(Nc2cc(C3CC3)n[nH]2)nc(N2CC(CC(=O)OC(=O)C(F)(F)F)CC(C3CCCCC3)C2)n1. The third-order valence-corrected chi connectivity index (χ3v) is 7.76. The van der Waals surface area contributed by atoms with E-state index >= 15 is 0 Å². The zero-order valence-corrected chi connectivity index (χ0v) is 21.4. The molecule has 3 heterocycles. The number of piperidine rings is 1. The number of anilines is 3. The first-order valence-corrected chi connectivity index (χ1v) is 13.4. The third kappa shape index (κ3) is 6.63. The number of carbonyl (C=O) groups excluding carboxylic acids is 2. The summed E-state index contributed by atoms with van der Waals surface area (Å²) in [7, 11) is 0. The largest absolute Gasteiger partial charge is 0.491 e. The average molecular weight is 535 g/mol. The molecular weight excluding hydrogens is 501 g/mol. The summed E-state index contributed by atoms with van der Waals surface area (Å²) in [5.41, 5.74) is 1.79. The number of aromatic nitrogens is 4. The van der Waals surface area contributed by atoms with Gasteiger partial charge < -0.3 is 15.0 Å². The number of esters is 2. The minimum absolute atomic E-state index is 0.245. The normalized spacial score (nSPS) is 22.8. The van der Waals surface area contributed by atoms with Crippen molar-refractivity contribution in [2.75, 3.05) is 23.3 Å². The number of rotatable bonds is 7. The number of aryl methyl sites for hydroxylation is 1. The van der Waals surface area contributed by atoms with Crippen LogP contribution in [0.25, 0.3) is 0 Å². The van der Waals surface area contributed by atoms with Crippen LogP contribution in [-0.4, -0.2) is 51.4 Å². The van der Waals surface area contributed by atoms with Crippen molar-refractivity contribution >= 4 is 29.5 Å². The van der Waals surface area contributed by atoms with E-state index in [9.17, 15) is 22.8 Å². The maximum absolute atomic E-state index is 12.6. The van der Waals surface area contributed by atoms with E-state index in [2.05, 4.69) is 25.2 Å². The van der Waals surface area contributed by atoms with Crippen molar-refractivity contribution in [1.82, 2.24) is 20.2 Å². The molecule has 2 aromatic heterocycles. The van der Waals surface area contributed by atoms with Crippen molar-refractivity contribution in [3.8, 4) is 0 Å². The highest BCUT2D eigenvalue weighted by molar-refractivity contribution is 5.88. The predicted molar refractivity (Wildman–Crippen MR) is 133 cm³/mol. The molecule has 2 N–H and O–H groups in total. The van der Waals surface area contributed by atoms with Gasteiger partial charge >= 0.3 is 18.1 Å². The van der Waals surface area contributed by atoms with Crippen molar-refractivity contribution in [3.63, 3.8) is 0 Å². The Balaban J connectivity index is 1.32. The number of hydrogen-bond acceptors (Lipinski definition) is 8. The molecule has 2 saturated carbocycles. The van der Waals surface area contributed by atoms with Crippen LogP contribution in [0.5, 0.6) is 0 Å². The smallest absolute Gasteiger partial charge is 0.386 e. The van der Waals surface area contributed by atoms with E-state index in [4.69, 9.17) is 4.98 Å². The Morgan fingerprint density at radius 2 is 1.84 bits per heavy atom. The summed E-state index contributed by atoms with van der Waals surface area (Å²) < 4.78 is 41.9. The molecule has 2 atom stereocenters. The van der Waals surface area contributed by atoms with Crippen molar-refractivity contribution < 1.29 is 27.5 Å². The lowest BCUT2D eigenvalue weighted by Crippen LogP contribution is -2.45. The molecular formula is C26H33F3N6O3. The number of nitrogens with one attached hydrogen (secondary N) is 2. The van der Waals surface area contributed by atoms with E-state index in [0.717, 1.165) is 55.7 Å². The molecule has 0 bridgehead atoms. The molecule has 9 nitrogen and oxygen atoms in total. The second kappa shape index (κ2) is 10.9. The first-order chi connectivity index (χ1) is 18.1. The highest BCUT2D eigenvalue weighted by Crippen LogP contribution is 2.40. The number of aromatic amines is 1. The van der Waals surface area contributed by atoms with Gasteiger partial charge in [-0.25, -0.2) is 9.78 Å². The molecule has 0 aromatic carbocycles. The molecule has 3 aliphatic rings. The van der Waals surface area contributed by atoms with E-state index in [-0.39, 0.29) is 18.3 Å². The Kier molecular flexibility index (Phi) is 7.58. The molecule has 5 rings (SSSR count). The second-order valence-corrected chi connectivity index (χ2v) is 10.9. The molecule has 12 heteroatoms. The summed E-state index contributed by atoms with van der Waals surface area (Å²) in [5, 5.41) is 10.6. The van der Waals surface area contributed by atoms with Crippen LogP contribution in [0.15, 0.2) is 12.1 Å². The lowest BCUT2D eigenvalue weighted by Gasteiger charge is -2.42. The number of H-pyrrole nitrogens is 1. The third-order valence-electron chi connectivity index (χ3n) is 7.76. The van der Waals surface area contributed by atoms with Crippen LogP contribution in [0.1, 0.15) is 75.1 Å². The van der Waals surface area contributed by atoms with Crippen LogP contribution < -0.4 is 10.2 Å². The average Bonchev–Trinajstić information content (AvgIpc) is 3.62. The zero-order chi connectivity index (χ0) is 26.9. The van der Waals surface area contributed by atoms with Gasteiger partial charge in [-0.1, -0.05) is 32.1 Å². The number of halogens is 3. The van der Waals surface area contributed by atoms with E-state index in [0.29, 0.717) is 43.1 Å². The van der Waals surface area contributed by atoms with Crippen LogP contribution >= 0.6 is 0 Å². The van der Waals surface area contributed by atoms with Gasteiger partial charge in [0.2, 0.25) is 5.95 Å². The fourth-order valence-corrected chi connectivity index (χ4v) is 5.83. The Labute approximate surface area is 218 Å². The van der Waals surface area contributed by atoms with Gasteiger partial charge in [-0.15, -0.1) is 0 Å². The fourth-order valence-electron chi connectivity index (χ4n) is 5.83. The molecule has 0 spiro atoms. The van der Waals surface area contributed by atoms with Gasteiger partial charge in [-0.2, -0.15) is 23.3 Å². The molecule has 2 unspecified atom stereocenters. The number of ether oxygens (including phenoxy) is 1.